The number of nitrogens with zero attached hydrogens (tertiary/aromatic N) is 2. The van der Waals surface area contributed by atoms with Crippen LogP contribution in [-0.4, -0.2) is 35.6 Å². The molecule has 0 saturated carbocycles. The van der Waals surface area contributed by atoms with Crippen molar-refractivity contribution in [3.63, 3.8) is 0 Å². The second kappa shape index (κ2) is 7.45. The molecular weight excluding hydrogens is 305 g/mol. The van der Waals surface area contributed by atoms with Gasteiger partial charge in [-0.1, -0.05) is 36.4 Å². The molecule has 1 N–H and O–H groups in total. The van der Waals surface area contributed by atoms with Crippen LogP contribution in [0.5, 0.6) is 0 Å². The first-order valence-corrected chi connectivity index (χ1v) is 8.21. The van der Waals surface area contributed by atoms with E-state index in [2.05, 4.69) is 10.2 Å². The predicted octanol–water partition coefficient (Wildman–Crippen LogP) is 3.83. The van der Waals surface area contributed by atoms with Gasteiger partial charge in [-0.05, 0) is 31.0 Å². The van der Waals surface area contributed by atoms with Crippen LogP contribution in [0.4, 0.5) is 14.9 Å². The van der Waals surface area contributed by atoms with Gasteiger partial charge < -0.3 is 10.2 Å². The maximum absolute atomic E-state index is 13.8. The molecule has 0 radical (unpaired) electrons. The second-order valence-electron chi connectivity index (χ2n) is 6.15. The number of benzene rings is 2. The van der Waals surface area contributed by atoms with Gasteiger partial charge in [-0.2, -0.15) is 0 Å². The summed E-state index contributed by atoms with van der Waals surface area (Å²) in [7, 11) is 0. The maximum Gasteiger partial charge on any atom is 0.322 e. The fraction of sp³-hybridized carbons (Fsp3) is 0.316. The summed E-state index contributed by atoms with van der Waals surface area (Å²) in [6.07, 6.45) is 0.885. The molecule has 1 aliphatic rings. The molecule has 1 heterocycles. The molecule has 126 valence electrons. The Morgan fingerprint density at radius 2 is 1.88 bits per heavy atom. The highest BCUT2D eigenvalue weighted by Gasteiger charge is 2.22. The maximum atomic E-state index is 13.8. The molecule has 5 heteroatoms. The Hall–Kier alpha value is -2.40. The smallest absolute Gasteiger partial charge is 0.311 e. The van der Waals surface area contributed by atoms with Gasteiger partial charge in [0.1, 0.15) is 5.82 Å². The van der Waals surface area contributed by atoms with E-state index in [1.54, 1.807) is 17.0 Å². The number of rotatable bonds is 3. The summed E-state index contributed by atoms with van der Waals surface area (Å²) in [6.45, 7) is 4.57. The largest absolute Gasteiger partial charge is 0.322 e. The van der Waals surface area contributed by atoms with E-state index in [1.165, 1.54) is 6.07 Å². The molecule has 2 aromatic rings. The van der Waals surface area contributed by atoms with Crippen LogP contribution in [0.1, 0.15) is 17.5 Å². The van der Waals surface area contributed by atoms with Gasteiger partial charge in [0.25, 0.3) is 0 Å². The summed E-state index contributed by atoms with van der Waals surface area (Å²) >= 11 is 0. The van der Waals surface area contributed by atoms with Gasteiger partial charge in [-0.15, -0.1) is 0 Å². The van der Waals surface area contributed by atoms with Crippen LogP contribution in [0.15, 0.2) is 48.5 Å². The average Bonchev–Trinajstić information content (AvgIpc) is 2.59. The first-order chi connectivity index (χ1) is 11.6. The Labute approximate surface area is 141 Å². The summed E-state index contributed by atoms with van der Waals surface area (Å²) in [6, 6.07) is 14.4. The molecule has 2 aromatic carbocycles. The Morgan fingerprint density at radius 3 is 2.67 bits per heavy atom. The number of carbonyl (C=O) groups is 1. The zero-order valence-corrected chi connectivity index (χ0v) is 13.8. The zero-order valence-electron chi connectivity index (χ0n) is 13.8. The quantitative estimate of drug-likeness (QED) is 0.930. The van der Waals surface area contributed by atoms with Crippen molar-refractivity contribution in [2.24, 2.45) is 0 Å². The lowest BCUT2D eigenvalue weighted by molar-refractivity contribution is 0.104. The number of amides is 2. The van der Waals surface area contributed by atoms with E-state index in [1.807, 2.05) is 37.3 Å². The lowest BCUT2D eigenvalue weighted by Crippen LogP contribution is -2.48. The van der Waals surface area contributed by atoms with Crippen LogP contribution in [0.2, 0.25) is 0 Å². The highest BCUT2D eigenvalue weighted by Crippen LogP contribution is 2.17. The summed E-state index contributed by atoms with van der Waals surface area (Å²) in [4.78, 5) is 16.4. The number of aryl methyl sites for hydroxylation is 1. The van der Waals surface area contributed by atoms with Crippen LogP contribution in [0.3, 0.4) is 0 Å². The summed E-state index contributed by atoms with van der Waals surface area (Å²) in [5.74, 6) is -0.195. The summed E-state index contributed by atoms with van der Waals surface area (Å²) in [5.41, 5.74) is 2.53. The van der Waals surface area contributed by atoms with Crippen LogP contribution >= 0.6 is 0 Å². The molecule has 0 spiro atoms. The van der Waals surface area contributed by atoms with Gasteiger partial charge in [-0.3, -0.25) is 4.90 Å². The van der Waals surface area contributed by atoms with E-state index in [9.17, 15) is 9.18 Å². The number of para-hydroxylation sites is 1. The normalized spacial score (nSPS) is 15.3. The van der Waals surface area contributed by atoms with E-state index in [4.69, 9.17) is 0 Å². The van der Waals surface area contributed by atoms with Crippen molar-refractivity contribution in [2.75, 3.05) is 25.1 Å². The zero-order chi connectivity index (χ0) is 16.9. The highest BCUT2D eigenvalue weighted by atomic mass is 19.1. The third kappa shape index (κ3) is 3.92. The first kappa shape index (κ1) is 16.5. The van der Waals surface area contributed by atoms with E-state index >= 15 is 0 Å². The third-order valence-electron chi connectivity index (χ3n) is 4.30. The molecule has 0 bridgehead atoms. The number of hydrogen-bond donors (Lipinski definition) is 1. The number of carbonyl (C=O) groups excluding carboxylic acids is 1. The van der Waals surface area contributed by atoms with E-state index < -0.39 is 0 Å². The van der Waals surface area contributed by atoms with Gasteiger partial charge in [0, 0.05) is 30.9 Å². The fourth-order valence-electron chi connectivity index (χ4n) is 2.94. The number of urea groups is 1. The van der Waals surface area contributed by atoms with E-state index in [0.717, 1.165) is 24.2 Å². The molecule has 0 unspecified atom stereocenters. The Balaban J connectivity index is 1.62. The molecule has 1 fully saturated rings. The highest BCUT2D eigenvalue weighted by molar-refractivity contribution is 5.90. The lowest BCUT2D eigenvalue weighted by atomic mass is 10.2. The van der Waals surface area contributed by atoms with Crippen LogP contribution in [0, 0.1) is 12.7 Å². The van der Waals surface area contributed by atoms with Crippen molar-refractivity contribution in [1.29, 1.82) is 0 Å². The predicted molar refractivity (Wildman–Crippen MR) is 93.2 cm³/mol. The standard InChI is InChI=1S/C19H22FN3O/c1-15-7-2-5-10-18(15)21-19(24)23-12-6-11-22(14-23)13-16-8-3-4-9-17(16)20/h2-5,7-10H,6,11-14H2,1H3,(H,21,24). The van der Waals surface area contributed by atoms with Gasteiger partial charge in [0.2, 0.25) is 0 Å². The molecular formula is C19H22FN3O. The van der Waals surface area contributed by atoms with E-state index in [0.29, 0.717) is 25.3 Å². The first-order valence-electron chi connectivity index (χ1n) is 8.21. The molecule has 2 amide bonds. The molecule has 1 saturated heterocycles. The summed E-state index contributed by atoms with van der Waals surface area (Å²) in [5, 5.41) is 2.96. The second-order valence-corrected chi connectivity index (χ2v) is 6.15. The van der Waals surface area contributed by atoms with Crippen LogP contribution < -0.4 is 5.32 Å². The summed E-state index contributed by atoms with van der Waals surface area (Å²) < 4.78 is 13.8. The van der Waals surface area contributed by atoms with Crippen molar-refractivity contribution in [1.82, 2.24) is 9.80 Å². The van der Waals surface area contributed by atoms with Crippen molar-refractivity contribution in [2.45, 2.75) is 19.9 Å². The van der Waals surface area contributed by atoms with Crippen LogP contribution in [-0.2, 0) is 6.54 Å². The number of hydrogen-bond acceptors (Lipinski definition) is 2. The van der Waals surface area contributed by atoms with Gasteiger partial charge in [0.05, 0.1) is 6.67 Å². The Morgan fingerprint density at radius 1 is 1.12 bits per heavy atom. The number of halogens is 1. The molecule has 0 aliphatic carbocycles. The SMILES string of the molecule is Cc1ccccc1NC(=O)N1CCCN(Cc2ccccc2F)C1. The van der Waals surface area contributed by atoms with Crippen molar-refractivity contribution in [3.8, 4) is 0 Å². The minimum absolute atomic E-state index is 0.109. The molecule has 4 nitrogen and oxygen atoms in total. The monoisotopic (exact) mass is 327 g/mol. The van der Waals surface area contributed by atoms with Crippen LogP contribution in [0.25, 0.3) is 0 Å². The molecule has 24 heavy (non-hydrogen) atoms. The Bertz CT molecular complexity index is 719. The van der Waals surface area contributed by atoms with Crippen molar-refractivity contribution < 1.29 is 9.18 Å². The molecule has 0 atom stereocenters. The van der Waals surface area contributed by atoms with Gasteiger partial charge >= 0.3 is 6.03 Å². The minimum atomic E-state index is -0.195. The molecule has 0 aromatic heterocycles. The van der Waals surface area contributed by atoms with Gasteiger partial charge in [-0.25, -0.2) is 9.18 Å². The van der Waals surface area contributed by atoms with Gasteiger partial charge in [0.15, 0.2) is 0 Å². The third-order valence-corrected chi connectivity index (χ3v) is 4.30. The lowest BCUT2D eigenvalue weighted by Gasteiger charge is -2.35. The number of anilines is 1. The fourth-order valence-corrected chi connectivity index (χ4v) is 2.94. The molecule has 1 aliphatic heterocycles. The number of nitrogens with one attached hydrogen (secondary N) is 1. The molecule has 3 rings (SSSR count). The minimum Gasteiger partial charge on any atom is -0.311 e. The topological polar surface area (TPSA) is 35.6 Å². The van der Waals surface area contributed by atoms with Crippen molar-refractivity contribution in [3.05, 3.63) is 65.5 Å². The Kier molecular flexibility index (Phi) is 5.11. The van der Waals surface area contributed by atoms with E-state index in [-0.39, 0.29) is 11.8 Å². The van der Waals surface area contributed by atoms with Crippen molar-refractivity contribution >= 4 is 11.7 Å². The average molecular weight is 327 g/mol.